The molecule has 2 aromatic rings. The minimum Gasteiger partial charge on any atom is -0.494 e. The van der Waals surface area contributed by atoms with Crippen molar-refractivity contribution in [1.29, 1.82) is 0 Å². The number of nitrogens with one attached hydrogen (secondary N) is 1. The Hall–Kier alpha value is -1.88. The molecule has 0 atom stereocenters. The maximum atomic E-state index is 11.9. The Morgan fingerprint density at radius 2 is 2.11 bits per heavy atom. The summed E-state index contributed by atoms with van der Waals surface area (Å²) in [7, 11) is 0. The van der Waals surface area contributed by atoms with E-state index in [0.717, 1.165) is 16.5 Å². The molecule has 1 N–H and O–H groups in total. The Morgan fingerprint density at radius 3 is 2.68 bits per heavy atom. The topological polar surface area (TPSA) is 51.2 Å². The van der Waals surface area contributed by atoms with Crippen molar-refractivity contribution in [2.24, 2.45) is 0 Å². The fraction of sp³-hybridized carbons (Fsp3) is 0.286. The SMILES string of the molecule is CCOc1ccc(C(=O)NCc2csc(C)n2)cc1. The van der Waals surface area contributed by atoms with Gasteiger partial charge in [0, 0.05) is 10.9 Å². The van der Waals surface area contributed by atoms with Crippen LogP contribution in [0.1, 0.15) is 28.0 Å². The van der Waals surface area contributed by atoms with E-state index >= 15 is 0 Å². The van der Waals surface area contributed by atoms with Gasteiger partial charge in [0.2, 0.25) is 0 Å². The third-order valence-electron chi connectivity index (χ3n) is 2.52. The number of aryl methyl sites for hydroxylation is 1. The van der Waals surface area contributed by atoms with Crippen LogP contribution in [0.15, 0.2) is 29.6 Å². The van der Waals surface area contributed by atoms with Crippen LogP contribution in [0.5, 0.6) is 5.75 Å². The molecule has 0 bridgehead atoms. The highest BCUT2D eigenvalue weighted by Gasteiger charge is 2.06. The first-order valence-corrected chi connectivity index (χ1v) is 6.99. The standard InChI is InChI=1S/C14H16N2O2S/c1-3-18-13-6-4-11(5-7-13)14(17)15-8-12-9-19-10(2)16-12/h4-7,9H,3,8H2,1-2H3,(H,15,17). The first-order valence-electron chi connectivity index (χ1n) is 6.11. The zero-order valence-electron chi connectivity index (χ0n) is 11.0. The van der Waals surface area contributed by atoms with Gasteiger partial charge in [-0.3, -0.25) is 4.79 Å². The molecule has 0 aliphatic rings. The maximum absolute atomic E-state index is 11.9. The van der Waals surface area contributed by atoms with Crippen molar-refractivity contribution in [3.8, 4) is 5.75 Å². The summed E-state index contributed by atoms with van der Waals surface area (Å²) < 4.78 is 5.33. The van der Waals surface area contributed by atoms with Crippen LogP contribution in [-0.4, -0.2) is 17.5 Å². The molecule has 0 spiro atoms. The van der Waals surface area contributed by atoms with E-state index in [-0.39, 0.29) is 5.91 Å². The van der Waals surface area contributed by atoms with E-state index in [2.05, 4.69) is 10.3 Å². The molecule has 0 fully saturated rings. The summed E-state index contributed by atoms with van der Waals surface area (Å²) in [4.78, 5) is 16.2. The smallest absolute Gasteiger partial charge is 0.251 e. The van der Waals surface area contributed by atoms with E-state index in [9.17, 15) is 4.79 Å². The Balaban J connectivity index is 1.92. The Bertz CT molecular complexity index is 549. The number of benzene rings is 1. The van der Waals surface area contributed by atoms with Gasteiger partial charge in [0.05, 0.1) is 23.9 Å². The van der Waals surface area contributed by atoms with Crippen LogP contribution >= 0.6 is 11.3 Å². The van der Waals surface area contributed by atoms with Crippen molar-refractivity contribution in [3.05, 3.63) is 45.9 Å². The molecule has 2 rings (SSSR count). The number of carbonyl (C=O) groups excluding carboxylic acids is 1. The molecule has 0 aliphatic carbocycles. The minimum atomic E-state index is -0.103. The molecule has 0 aliphatic heterocycles. The Morgan fingerprint density at radius 1 is 1.37 bits per heavy atom. The van der Waals surface area contributed by atoms with E-state index in [1.54, 1.807) is 35.6 Å². The highest BCUT2D eigenvalue weighted by molar-refractivity contribution is 7.09. The number of amides is 1. The van der Waals surface area contributed by atoms with E-state index < -0.39 is 0 Å². The summed E-state index contributed by atoms with van der Waals surface area (Å²) in [5.41, 5.74) is 1.51. The van der Waals surface area contributed by atoms with Crippen molar-refractivity contribution in [1.82, 2.24) is 10.3 Å². The number of ether oxygens (including phenoxy) is 1. The van der Waals surface area contributed by atoms with Crippen molar-refractivity contribution < 1.29 is 9.53 Å². The highest BCUT2D eigenvalue weighted by Crippen LogP contribution is 2.12. The zero-order valence-corrected chi connectivity index (χ0v) is 11.8. The van der Waals surface area contributed by atoms with Gasteiger partial charge in [0.25, 0.3) is 5.91 Å². The summed E-state index contributed by atoms with van der Waals surface area (Å²) in [6, 6.07) is 7.11. The van der Waals surface area contributed by atoms with Gasteiger partial charge in [-0.2, -0.15) is 0 Å². The normalized spacial score (nSPS) is 10.2. The number of aromatic nitrogens is 1. The van der Waals surface area contributed by atoms with Gasteiger partial charge in [-0.25, -0.2) is 4.98 Å². The second kappa shape index (κ2) is 6.33. The molecule has 1 aromatic carbocycles. The highest BCUT2D eigenvalue weighted by atomic mass is 32.1. The summed E-state index contributed by atoms with van der Waals surface area (Å²) in [6.07, 6.45) is 0. The zero-order chi connectivity index (χ0) is 13.7. The van der Waals surface area contributed by atoms with Gasteiger partial charge in [0.1, 0.15) is 5.75 Å². The van der Waals surface area contributed by atoms with Gasteiger partial charge < -0.3 is 10.1 Å². The van der Waals surface area contributed by atoms with Crippen LogP contribution in [0.25, 0.3) is 0 Å². The number of carbonyl (C=O) groups is 1. The lowest BCUT2D eigenvalue weighted by atomic mass is 10.2. The maximum Gasteiger partial charge on any atom is 0.251 e. The van der Waals surface area contributed by atoms with Crippen LogP contribution in [0.2, 0.25) is 0 Å². The van der Waals surface area contributed by atoms with Crippen LogP contribution < -0.4 is 10.1 Å². The van der Waals surface area contributed by atoms with Crippen molar-refractivity contribution >= 4 is 17.2 Å². The molecule has 5 heteroatoms. The second-order valence-corrected chi connectivity index (χ2v) is 5.06. The average molecular weight is 276 g/mol. The molecule has 19 heavy (non-hydrogen) atoms. The number of nitrogens with zero attached hydrogens (tertiary/aromatic N) is 1. The average Bonchev–Trinajstić information content (AvgIpc) is 2.83. The fourth-order valence-corrected chi connectivity index (χ4v) is 2.24. The first kappa shape index (κ1) is 13.5. The number of thiazole rings is 1. The summed E-state index contributed by atoms with van der Waals surface area (Å²) in [5.74, 6) is 0.669. The van der Waals surface area contributed by atoms with Crippen LogP contribution in [0.4, 0.5) is 0 Å². The minimum absolute atomic E-state index is 0.103. The molecule has 0 unspecified atom stereocenters. The van der Waals surface area contributed by atoms with E-state index in [1.165, 1.54) is 0 Å². The lowest BCUT2D eigenvalue weighted by molar-refractivity contribution is 0.0950. The van der Waals surface area contributed by atoms with Gasteiger partial charge in [-0.1, -0.05) is 0 Å². The molecule has 0 radical (unpaired) electrons. The lowest BCUT2D eigenvalue weighted by Crippen LogP contribution is -2.22. The quantitative estimate of drug-likeness (QED) is 0.913. The van der Waals surface area contributed by atoms with Crippen LogP contribution in [0.3, 0.4) is 0 Å². The van der Waals surface area contributed by atoms with E-state index in [4.69, 9.17) is 4.74 Å². The Kier molecular flexibility index (Phi) is 4.52. The first-order chi connectivity index (χ1) is 9.19. The second-order valence-electron chi connectivity index (χ2n) is 4.00. The van der Waals surface area contributed by atoms with Crippen molar-refractivity contribution in [2.45, 2.75) is 20.4 Å². The summed E-state index contributed by atoms with van der Waals surface area (Å²) in [6.45, 7) is 4.95. The van der Waals surface area contributed by atoms with E-state index in [0.29, 0.717) is 18.7 Å². The van der Waals surface area contributed by atoms with Crippen LogP contribution in [-0.2, 0) is 6.54 Å². The fourth-order valence-electron chi connectivity index (χ4n) is 1.63. The Labute approximate surface area is 116 Å². The third-order valence-corrected chi connectivity index (χ3v) is 3.35. The number of hydrogen-bond acceptors (Lipinski definition) is 4. The molecule has 1 amide bonds. The molecule has 100 valence electrons. The van der Waals surface area contributed by atoms with Gasteiger partial charge >= 0.3 is 0 Å². The molecule has 1 aromatic heterocycles. The predicted octanol–water partition coefficient (Wildman–Crippen LogP) is 2.78. The van der Waals surface area contributed by atoms with Crippen molar-refractivity contribution in [2.75, 3.05) is 6.61 Å². The summed E-state index contributed by atoms with van der Waals surface area (Å²) >= 11 is 1.58. The van der Waals surface area contributed by atoms with Gasteiger partial charge in [-0.15, -0.1) is 11.3 Å². The molecule has 0 saturated carbocycles. The molecular weight excluding hydrogens is 260 g/mol. The van der Waals surface area contributed by atoms with E-state index in [1.807, 2.05) is 19.2 Å². The molecule has 0 saturated heterocycles. The largest absolute Gasteiger partial charge is 0.494 e. The lowest BCUT2D eigenvalue weighted by Gasteiger charge is -2.05. The molecule has 4 nitrogen and oxygen atoms in total. The van der Waals surface area contributed by atoms with Gasteiger partial charge in [-0.05, 0) is 38.1 Å². The number of hydrogen-bond donors (Lipinski definition) is 1. The molecular formula is C14H16N2O2S. The monoisotopic (exact) mass is 276 g/mol. The molecule has 1 heterocycles. The number of rotatable bonds is 5. The van der Waals surface area contributed by atoms with Crippen LogP contribution in [0, 0.1) is 6.92 Å². The summed E-state index contributed by atoms with van der Waals surface area (Å²) in [5, 5.41) is 5.80. The van der Waals surface area contributed by atoms with Gasteiger partial charge in [0.15, 0.2) is 0 Å². The van der Waals surface area contributed by atoms with Crippen molar-refractivity contribution in [3.63, 3.8) is 0 Å². The third kappa shape index (κ3) is 3.79. The predicted molar refractivity (Wildman–Crippen MR) is 75.6 cm³/mol.